The van der Waals surface area contributed by atoms with Gasteiger partial charge in [-0.25, -0.2) is 4.79 Å². The van der Waals surface area contributed by atoms with Gasteiger partial charge in [0.15, 0.2) is 0 Å². The maximum atomic E-state index is 11.8. The van der Waals surface area contributed by atoms with E-state index in [2.05, 4.69) is 15.9 Å². The molecule has 0 aromatic carbocycles. The largest absolute Gasteiger partial charge is 0.444 e. The zero-order valence-electron chi connectivity index (χ0n) is 10.5. The molecular weight excluding hydrogens is 290 g/mol. The van der Waals surface area contributed by atoms with Crippen molar-refractivity contribution in [3.8, 4) is 0 Å². The number of amides is 1. The molecule has 0 aromatic heterocycles. The highest BCUT2D eigenvalue weighted by Crippen LogP contribution is 2.22. The molecule has 1 saturated heterocycles. The highest BCUT2D eigenvalue weighted by atomic mass is 79.9. The predicted molar refractivity (Wildman–Crippen MR) is 67.3 cm³/mol. The van der Waals surface area contributed by atoms with E-state index in [4.69, 9.17) is 14.6 Å². The standard InChI is InChI=1S/C11H20BrNO4/c1-11(2,3)17-10(15)13-6-8(12)9(7-13)16-5-4-14/h8-9,14H,4-7H2,1-3H3/t8-,9+/m1/s1. The van der Waals surface area contributed by atoms with E-state index in [1.54, 1.807) is 4.90 Å². The van der Waals surface area contributed by atoms with Gasteiger partial charge in [-0.05, 0) is 20.8 Å². The summed E-state index contributed by atoms with van der Waals surface area (Å²) in [4.78, 5) is 13.5. The number of hydrogen-bond donors (Lipinski definition) is 1. The molecule has 6 heteroatoms. The maximum Gasteiger partial charge on any atom is 0.410 e. The fraction of sp³-hybridized carbons (Fsp3) is 0.909. The van der Waals surface area contributed by atoms with Crippen molar-refractivity contribution < 1.29 is 19.4 Å². The van der Waals surface area contributed by atoms with Crippen LogP contribution in [0.3, 0.4) is 0 Å². The van der Waals surface area contributed by atoms with Crippen LogP contribution in [-0.4, -0.2) is 58.9 Å². The summed E-state index contributed by atoms with van der Waals surface area (Å²) in [5, 5.41) is 8.70. The van der Waals surface area contributed by atoms with Crippen molar-refractivity contribution in [3.63, 3.8) is 0 Å². The van der Waals surface area contributed by atoms with Gasteiger partial charge in [0.25, 0.3) is 0 Å². The lowest BCUT2D eigenvalue weighted by Gasteiger charge is -2.24. The van der Waals surface area contributed by atoms with Gasteiger partial charge in [0, 0.05) is 6.54 Å². The molecule has 5 nitrogen and oxygen atoms in total. The zero-order chi connectivity index (χ0) is 13.1. The molecule has 17 heavy (non-hydrogen) atoms. The van der Waals surface area contributed by atoms with Crippen LogP contribution in [0, 0.1) is 0 Å². The van der Waals surface area contributed by atoms with Crippen molar-refractivity contribution in [2.24, 2.45) is 0 Å². The second-order valence-corrected chi connectivity index (χ2v) is 6.21. The third-order valence-electron chi connectivity index (χ3n) is 2.27. The van der Waals surface area contributed by atoms with E-state index in [1.807, 2.05) is 20.8 Å². The molecule has 0 unspecified atom stereocenters. The second kappa shape index (κ2) is 6.02. The number of rotatable bonds is 3. The van der Waals surface area contributed by atoms with Crippen LogP contribution in [0.2, 0.25) is 0 Å². The third-order valence-corrected chi connectivity index (χ3v) is 3.15. The first-order chi connectivity index (χ1) is 7.83. The number of aliphatic hydroxyl groups excluding tert-OH is 1. The summed E-state index contributed by atoms with van der Waals surface area (Å²) in [6.45, 7) is 6.85. The zero-order valence-corrected chi connectivity index (χ0v) is 12.1. The van der Waals surface area contributed by atoms with Gasteiger partial charge in [-0.2, -0.15) is 0 Å². The molecular formula is C11H20BrNO4. The van der Waals surface area contributed by atoms with Gasteiger partial charge in [-0.15, -0.1) is 0 Å². The molecule has 1 amide bonds. The van der Waals surface area contributed by atoms with Crippen molar-refractivity contribution >= 4 is 22.0 Å². The summed E-state index contributed by atoms with van der Waals surface area (Å²) in [5.74, 6) is 0. The Morgan fingerprint density at radius 3 is 2.65 bits per heavy atom. The van der Waals surface area contributed by atoms with Crippen molar-refractivity contribution in [3.05, 3.63) is 0 Å². The number of alkyl halides is 1. The third kappa shape index (κ3) is 4.81. The Balaban J connectivity index is 2.45. The molecule has 1 aliphatic heterocycles. The number of ether oxygens (including phenoxy) is 2. The summed E-state index contributed by atoms with van der Waals surface area (Å²) in [5.41, 5.74) is -0.483. The minimum atomic E-state index is -0.483. The Morgan fingerprint density at radius 1 is 1.47 bits per heavy atom. The first-order valence-corrected chi connectivity index (χ1v) is 6.59. The Bertz CT molecular complexity index is 267. The highest BCUT2D eigenvalue weighted by molar-refractivity contribution is 9.09. The van der Waals surface area contributed by atoms with Crippen LogP contribution in [0.15, 0.2) is 0 Å². The number of hydrogen-bond acceptors (Lipinski definition) is 4. The number of aliphatic hydroxyl groups is 1. The normalized spacial score (nSPS) is 25.1. The monoisotopic (exact) mass is 309 g/mol. The fourth-order valence-corrected chi connectivity index (χ4v) is 2.24. The van der Waals surface area contributed by atoms with Gasteiger partial charge >= 0.3 is 6.09 Å². The molecule has 0 radical (unpaired) electrons. The number of nitrogens with zero attached hydrogens (tertiary/aromatic N) is 1. The van der Waals surface area contributed by atoms with E-state index >= 15 is 0 Å². The van der Waals surface area contributed by atoms with Crippen molar-refractivity contribution in [2.75, 3.05) is 26.3 Å². The molecule has 0 saturated carbocycles. The Labute approximate surface area is 110 Å². The quantitative estimate of drug-likeness (QED) is 0.800. The molecule has 0 aromatic rings. The van der Waals surface area contributed by atoms with Crippen molar-refractivity contribution in [1.82, 2.24) is 4.90 Å². The molecule has 1 heterocycles. The summed E-state index contributed by atoms with van der Waals surface area (Å²) in [6.07, 6.45) is -0.410. The van der Waals surface area contributed by atoms with Crippen LogP contribution < -0.4 is 0 Å². The minimum Gasteiger partial charge on any atom is -0.444 e. The van der Waals surface area contributed by atoms with E-state index in [-0.39, 0.29) is 30.2 Å². The number of likely N-dealkylation sites (tertiary alicyclic amines) is 1. The highest BCUT2D eigenvalue weighted by Gasteiger charge is 2.36. The van der Waals surface area contributed by atoms with Gasteiger partial charge in [0.2, 0.25) is 0 Å². The molecule has 1 aliphatic rings. The SMILES string of the molecule is CC(C)(C)OC(=O)N1C[C@@H](Br)[C@@H](OCCO)C1. The first kappa shape index (κ1) is 14.7. The minimum absolute atomic E-state index is 0.0113. The fourth-order valence-electron chi connectivity index (χ4n) is 1.57. The van der Waals surface area contributed by atoms with Crippen LogP contribution in [-0.2, 0) is 9.47 Å². The summed E-state index contributed by atoms with van der Waals surface area (Å²) in [6, 6.07) is 0. The van der Waals surface area contributed by atoms with E-state index in [0.29, 0.717) is 13.1 Å². The molecule has 1 fully saturated rings. The van der Waals surface area contributed by atoms with E-state index in [1.165, 1.54) is 0 Å². The molecule has 1 N–H and O–H groups in total. The average Bonchev–Trinajstić information content (AvgIpc) is 2.54. The molecule has 1 rings (SSSR count). The van der Waals surface area contributed by atoms with E-state index in [0.717, 1.165) is 0 Å². The summed E-state index contributed by atoms with van der Waals surface area (Å²) >= 11 is 3.47. The van der Waals surface area contributed by atoms with Gasteiger partial charge < -0.3 is 19.5 Å². The van der Waals surface area contributed by atoms with Crippen LogP contribution >= 0.6 is 15.9 Å². The van der Waals surface area contributed by atoms with Crippen LogP contribution in [0.4, 0.5) is 4.79 Å². The second-order valence-electron chi connectivity index (χ2n) is 5.03. The summed E-state index contributed by atoms with van der Waals surface area (Å²) in [7, 11) is 0. The van der Waals surface area contributed by atoms with Gasteiger partial charge in [0.1, 0.15) is 5.60 Å². The number of carbonyl (C=O) groups excluding carboxylic acids is 1. The molecule has 100 valence electrons. The van der Waals surface area contributed by atoms with E-state index in [9.17, 15) is 4.79 Å². The Morgan fingerprint density at radius 2 is 2.12 bits per heavy atom. The molecule has 0 spiro atoms. The average molecular weight is 310 g/mol. The van der Waals surface area contributed by atoms with Crippen LogP contribution in [0.1, 0.15) is 20.8 Å². The van der Waals surface area contributed by atoms with E-state index < -0.39 is 5.60 Å². The van der Waals surface area contributed by atoms with Crippen LogP contribution in [0.25, 0.3) is 0 Å². The Hall–Kier alpha value is -0.330. The lowest BCUT2D eigenvalue weighted by molar-refractivity contribution is 0.0163. The van der Waals surface area contributed by atoms with Crippen molar-refractivity contribution in [1.29, 1.82) is 0 Å². The number of carbonyl (C=O) groups is 1. The Kier molecular flexibility index (Phi) is 5.22. The van der Waals surface area contributed by atoms with Gasteiger partial charge in [-0.3, -0.25) is 0 Å². The molecule has 0 bridgehead atoms. The summed E-state index contributed by atoms with van der Waals surface area (Å²) < 4.78 is 10.7. The maximum absolute atomic E-state index is 11.8. The molecule has 2 atom stereocenters. The van der Waals surface area contributed by atoms with Gasteiger partial charge in [0.05, 0.1) is 30.7 Å². The van der Waals surface area contributed by atoms with Crippen LogP contribution in [0.5, 0.6) is 0 Å². The predicted octanol–water partition coefficient (Wildman–Crippen LogP) is 1.38. The van der Waals surface area contributed by atoms with Gasteiger partial charge in [-0.1, -0.05) is 15.9 Å². The lowest BCUT2D eigenvalue weighted by atomic mass is 10.2. The lowest BCUT2D eigenvalue weighted by Crippen LogP contribution is -2.36. The smallest absolute Gasteiger partial charge is 0.410 e. The van der Waals surface area contributed by atoms with Crippen molar-refractivity contribution in [2.45, 2.75) is 37.3 Å². The number of halogens is 1. The first-order valence-electron chi connectivity index (χ1n) is 5.68. The molecule has 0 aliphatic carbocycles. The topological polar surface area (TPSA) is 59.0 Å².